The summed E-state index contributed by atoms with van der Waals surface area (Å²) < 4.78 is 20.4. The van der Waals surface area contributed by atoms with Crippen molar-refractivity contribution >= 4 is 23.0 Å². The van der Waals surface area contributed by atoms with E-state index < -0.39 is 5.97 Å². The summed E-state index contributed by atoms with van der Waals surface area (Å²) >= 11 is 0. The van der Waals surface area contributed by atoms with E-state index >= 15 is 0 Å². The maximum atomic E-state index is 13.4. The van der Waals surface area contributed by atoms with Crippen LogP contribution in [-0.4, -0.2) is 42.7 Å². The Morgan fingerprint density at radius 2 is 1.97 bits per heavy atom. The Kier molecular flexibility index (Phi) is 5.44. The van der Waals surface area contributed by atoms with Crippen LogP contribution < -0.4 is 10.1 Å². The molecule has 0 unspecified atom stereocenters. The second-order valence-electron chi connectivity index (χ2n) is 6.62. The molecule has 0 aliphatic heterocycles. The zero-order valence-electron chi connectivity index (χ0n) is 16.8. The molecule has 9 nitrogen and oxygen atoms in total. The molecular weight excluding hydrogens is 403 g/mol. The number of hydrogen-bond acceptors (Lipinski definition) is 7. The van der Waals surface area contributed by atoms with Gasteiger partial charge in [0.2, 0.25) is 11.9 Å². The smallest absolute Gasteiger partial charge is 0.337 e. The number of fused-ring (bicyclic) bond motifs is 1. The highest BCUT2D eigenvalue weighted by molar-refractivity contribution is 6.01. The van der Waals surface area contributed by atoms with Gasteiger partial charge in [0.05, 0.1) is 18.2 Å². The van der Waals surface area contributed by atoms with Gasteiger partial charge < -0.3 is 15.2 Å². The lowest BCUT2D eigenvalue weighted by atomic mass is 10.2. The van der Waals surface area contributed by atoms with Crippen molar-refractivity contribution in [3.05, 3.63) is 65.2 Å². The molecule has 0 aliphatic carbocycles. The van der Waals surface area contributed by atoms with Gasteiger partial charge in [0, 0.05) is 13.0 Å². The number of ether oxygens (including phenoxy) is 1. The summed E-state index contributed by atoms with van der Waals surface area (Å²) in [6.45, 7) is 2.22. The van der Waals surface area contributed by atoms with E-state index in [1.165, 1.54) is 29.9 Å². The van der Waals surface area contributed by atoms with E-state index in [-0.39, 0.29) is 28.9 Å². The van der Waals surface area contributed by atoms with Gasteiger partial charge in [-0.25, -0.2) is 13.8 Å². The third-order valence-electron chi connectivity index (χ3n) is 4.59. The number of rotatable bonds is 7. The van der Waals surface area contributed by atoms with Crippen LogP contribution >= 0.6 is 0 Å². The van der Waals surface area contributed by atoms with Gasteiger partial charge in [-0.15, -0.1) is 0 Å². The van der Waals surface area contributed by atoms with Crippen LogP contribution in [0.25, 0.3) is 17.0 Å². The topological polar surface area (TPSA) is 115 Å². The predicted octanol–water partition coefficient (Wildman–Crippen LogP) is 3.23. The summed E-state index contributed by atoms with van der Waals surface area (Å²) in [5.41, 5.74) is 1.53. The number of carboxylic acids is 1. The maximum absolute atomic E-state index is 13.4. The molecule has 158 valence electrons. The largest absolute Gasteiger partial charge is 0.478 e. The number of aromatic nitrogens is 5. The van der Waals surface area contributed by atoms with Crippen LogP contribution in [0.3, 0.4) is 0 Å². The van der Waals surface area contributed by atoms with E-state index in [4.69, 9.17) is 4.74 Å². The van der Waals surface area contributed by atoms with Crippen molar-refractivity contribution in [1.82, 2.24) is 24.5 Å². The number of methoxy groups -OCH3 is 1. The average molecular weight is 422 g/mol. The molecule has 2 aromatic carbocycles. The van der Waals surface area contributed by atoms with E-state index in [1.807, 2.05) is 6.92 Å². The Morgan fingerprint density at radius 1 is 1.16 bits per heavy atom. The number of nitrogens with zero attached hydrogens (tertiary/aromatic N) is 5. The third kappa shape index (κ3) is 4.00. The van der Waals surface area contributed by atoms with Crippen molar-refractivity contribution in [2.24, 2.45) is 0 Å². The number of nitrogens with one attached hydrogen (secondary N) is 1. The summed E-state index contributed by atoms with van der Waals surface area (Å²) in [7, 11) is 1.43. The number of aryl methyl sites for hydroxylation is 1. The Bertz CT molecular complexity index is 1270. The predicted molar refractivity (Wildman–Crippen MR) is 111 cm³/mol. The van der Waals surface area contributed by atoms with Crippen LogP contribution in [0, 0.1) is 5.82 Å². The Morgan fingerprint density at radius 3 is 2.68 bits per heavy atom. The number of halogens is 1. The molecule has 2 aromatic heterocycles. The first kappa shape index (κ1) is 20.2. The Balaban J connectivity index is 1.79. The van der Waals surface area contributed by atoms with Crippen molar-refractivity contribution in [2.75, 3.05) is 12.4 Å². The molecule has 0 amide bonds. The maximum Gasteiger partial charge on any atom is 0.337 e. The minimum atomic E-state index is -1.10. The fourth-order valence-electron chi connectivity index (χ4n) is 3.15. The van der Waals surface area contributed by atoms with Crippen LogP contribution in [0.2, 0.25) is 0 Å². The molecule has 2 heterocycles. The van der Waals surface area contributed by atoms with Gasteiger partial charge in [-0.2, -0.15) is 19.9 Å². The van der Waals surface area contributed by atoms with E-state index in [0.29, 0.717) is 30.3 Å². The molecule has 4 rings (SSSR count). The molecule has 0 saturated carbocycles. The van der Waals surface area contributed by atoms with Crippen molar-refractivity contribution < 1.29 is 19.0 Å². The molecule has 0 radical (unpaired) electrons. The molecule has 0 spiro atoms. The zero-order chi connectivity index (χ0) is 22.0. The molecule has 4 aromatic rings. The first-order valence-corrected chi connectivity index (χ1v) is 9.52. The standard InChI is InChI=1S/C21H19FN6O3/c1-3-16-24-19(23-11-12-6-4-7-13(22)10-12)27-20(25-16)28-15-9-5-8-14(18(29)30)17(15)26-21(28)31-2/h4-10H,3,11H2,1-2H3,(H,29,30)(H,23,24,25,27). The molecule has 0 atom stereocenters. The molecule has 31 heavy (non-hydrogen) atoms. The number of anilines is 1. The van der Waals surface area contributed by atoms with E-state index in [0.717, 1.165) is 5.56 Å². The molecular formula is C21H19FN6O3. The lowest BCUT2D eigenvalue weighted by Crippen LogP contribution is -2.12. The van der Waals surface area contributed by atoms with E-state index in [9.17, 15) is 14.3 Å². The minimum absolute atomic E-state index is 0.0452. The van der Waals surface area contributed by atoms with Gasteiger partial charge in [-0.3, -0.25) is 0 Å². The van der Waals surface area contributed by atoms with Crippen molar-refractivity contribution in [3.63, 3.8) is 0 Å². The summed E-state index contributed by atoms with van der Waals surface area (Å²) in [5.74, 6) is -0.376. The van der Waals surface area contributed by atoms with Gasteiger partial charge >= 0.3 is 12.0 Å². The van der Waals surface area contributed by atoms with Gasteiger partial charge in [-0.05, 0) is 29.8 Å². The number of hydrogen-bond donors (Lipinski definition) is 2. The van der Waals surface area contributed by atoms with Gasteiger partial charge in [0.15, 0.2) is 0 Å². The summed E-state index contributed by atoms with van der Waals surface area (Å²) in [5, 5.41) is 12.6. The number of para-hydroxylation sites is 1. The van der Waals surface area contributed by atoms with Crippen LogP contribution in [0.5, 0.6) is 6.01 Å². The average Bonchev–Trinajstić information content (AvgIpc) is 3.16. The number of carboxylic acid groups (broad SMARTS) is 1. The highest BCUT2D eigenvalue weighted by Crippen LogP contribution is 2.27. The van der Waals surface area contributed by atoms with Gasteiger partial charge in [0.1, 0.15) is 17.2 Å². The van der Waals surface area contributed by atoms with Gasteiger partial charge in [-0.1, -0.05) is 25.1 Å². The Labute approximate surface area is 176 Å². The molecule has 0 bridgehead atoms. The molecule has 0 saturated heterocycles. The van der Waals surface area contributed by atoms with Crippen LogP contribution in [0.4, 0.5) is 10.3 Å². The monoisotopic (exact) mass is 422 g/mol. The van der Waals surface area contributed by atoms with Crippen molar-refractivity contribution in [1.29, 1.82) is 0 Å². The molecule has 10 heteroatoms. The summed E-state index contributed by atoms with van der Waals surface area (Å²) in [4.78, 5) is 29.2. The minimum Gasteiger partial charge on any atom is -0.478 e. The van der Waals surface area contributed by atoms with Crippen LogP contribution in [0.15, 0.2) is 42.5 Å². The second kappa shape index (κ2) is 8.34. The van der Waals surface area contributed by atoms with Crippen molar-refractivity contribution in [2.45, 2.75) is 19.9 Å². The Hall–Kier alpha value is -4.08. The lowest BCUT2D eigenvalue weighted by molar-refractivity contribution is 0.0699. The van der Waals surface area contributed by atoms with Crippen molar-refractivity contribution in [3.8, 4) is 12.0 Å². The van der Waals surface area contributed by atoms with E-state index in [2.05, 4.69) is 25.3 Å². The highest BCUT2D eigenvalue weighted by atomic mass is 19.1. The number of benzene rings is 2. The summed E-state index contributed by atoms with van der Waals surface area (Å²) in [6, 6.07) is 11.2. The number of imidazole rings is 1. The summed E-state index contributed by atoms with van der Waals surface area (Å²) in [6.07, 6.45) is 0.541. The van der Waals surface area contributed by atoms with Gasteiger partial charge in [0.25, 0.3) is 0 Å². The highest BCUT2D eigenvalue weighted by Gasteiger charge is 2.21. The number of aromatic carboxylic acids is 1. The number of carbonyl (C=O) groups is 1. The fourth-order valence-corrected chi connectivity index (χ4v) is 3.15. The third-order valence-corrected chi connectivity index (χ3v) is 4.59. The van der Waals surface area contributed by atoms with Crippen LogP contribution in [-0.2, 0) is 13.0 Å². The normalized spacial score (nSPS) is 10.9. The second-order valence-corrected chi connectivity index (χ2v) is 6.62. The van der Waals surface area contributed by atoms with Crippen LogP contribution in [0.1, 0.15) is 28.7 Å². The fraction of sp³-hybridized carbons (Fsp3) is 0.190. The molecule has 0 aliphatic rings. The molecule has 0 fully saturated rings. The molecule has 2 N–H and O–H groups in total. The quantitative estimate of drug-likeness (QED) is 0.466. The zero-order valence-corrected chi connectivity index (χ0v) is 16.8. The first-order valence-electron chi connectivity index (χ1n) is 9.52. The van der Waals surface area contributed by atoms with E-state index in [1.54, 1.807) is 24.3 Å². The first-order chi connectivity index (χ1) is 15.0. The lowest BCUT2D eigenvalue weighted by Gasteiger charge is -2.11. The SMILES string of the molecule is CCc1nc(NCc2cccc(F)c2)nc(-n2c(OC)nc3c(C(=O)O)cccc32)n1.